The molecule has 0 fully saturated rings. The van der Waals surface area contributed by atoms with Crippen LogP contribution in [-0.2, 0) is 4.43 Å². The minimum atomic E-state index is -2.83. The number of benzene rings is 3. The zero-order valence-electron chi connectivity index (χ0n) is 16.5. The normalized spacial score (nSPS) is 12.3. The molecule has 0 aliphatic heterocycles. The van der Waals surface area contributed by atoms with Crippen LogP contribution in [0.3, 0.4) is 0 Å². The lowest BCUT2D eigenvalue weighted by Gasteiger charge is -2.45. The van der Waals surface area contributed by atoms with E-state index in [1.807, 2.05) is 45.9 Å². The molecule has 0 aromatic heterocycles. The first kappa shape index (κ1) is 22.2. The first-order chi connectivity index (χ1) is 12.8. The third-order valence-electron chi connectivity index (χ3n) is 5.42. The fraction of sp³-hybridized carbons (Fsp3) is 0.250. The topological polar surface area (TPSA) is 29.5 Å². The highest BCUT2D eigenvalue weighted by Gasteiger charge is 2.49. The standard InChI is InChI=1S/C24H28O2Si.BH3/c1-23(2,25)24(3,4)26-27(20-14-8-5-9-15-20,21-16-10-6-11-17-21)22-18-12-7-13-19-22;/h5-19,25H,1-4H3;1H3. The van der Waals surface area contributed by atoms with Crippen molar-refractivity contribution in [1.29, 1.82) is 0 Å². The van der Waals surface area contributed by atoms with E-state index in [4.69, 9.17) is 4.43 Å². The maximum absolute atomic E-state index is 10.8. The van der Waals surface area contributed by atoms with Crippen LogP contribution < -0.4 is 15.6 Å². The third-order valence-corrected chi connectivity index (χ3v) is 9.68. The van der Waals surface area contributed by atoms with Gasteiger partial charge in [-0.05, 0) is 43.3 Å². The number of aliphatic hydroxyl groups is 1. The van der Waals surface area contributed by atoms with E-state index in [1.165, 1.54) is 15.6 Å². The summed E-state index contributed by atoms with van der Waals surface area (Å²) in [6.07, 6.45) is 0. The van der Waals surface area contributed by atoms with Crippen molar-refractivity contribution in [2.45, 2.75) is 38.9 Å². The lowest BCUT2D eigenvalue weighted by molar-refractivity contribution is -0.0931. The van der Waals surface area contributed by atoms with Gasteiger partial charge >= 0.3 is 0 Å². The molecule has 0 atom stereocenters. The van der Waals surface area contributed by atoms with Gasteiger partial charge in [0.15, 0.2) is 0 Å². The molecule has 0 heterocycles. The molecule has 0 spiro atoms. The van der Waals surface area contributed by atoms with Crippen molar-refractivity contribution in [3.8, 4) is 0 Å². The summed E-state index contributed by atoms with van der Waals surface area (Å²) in [5, 5.41) is 14.3. The van der Waals surface area contributed by atoms with E-state index in [2.05, 4.69) is 72.8 Å². The molecule has 2 nitrogen and oxygen atoms in total. The van der Waals surface area contributed by atoms with E-state index in [0.717, 1.165) is 0 Å². The van der Waals surface area contributed by atoms with Crippen molar-refractivity contribution in [2.24, 2.45) is 0 Å². The molecule has 0 amide bonds. The van der Waals surface area contributed by atoms with Crippen LogP contribution >= 0.6 is 0 Å². The largest absolute Gasteiger partial charge is 0.396 e. The Balaban J connectivity index is 0.00000280. The molecule has 0 bridgehead atoms. The van der Waals surface area contributed by atoms with Crippen LogP contribution in [0.15, 0.2) is 91.0 Å². The first-order valence-corrected chi connectivity index (χ1v) is 11.3. The van der Waals surface area contributed by atoms with Gasteiger partial charge in [-0.2, -0.15) is 0 Å². The lowest BCUT2D eigenvalue weighted by atomic mass is 9.90. The molecule has 28 heavy (non-hydrogen) atoms. The molecule has 0 unspecified atom stereocenters. The van der Waals surface area contributed by atoms with Crippen molar-refractivity contribution in [1.82, 2.24) is 0 Å². The van der Waals surface area contributed by atoms with Crippen LogP contribution in [0.25, 0.3) is 0 Å². The summed E-state index contributed by atoms with van der Waals surface area (Å²) in [7, 11) is -2.83. The Hall–Kier alpha value is -2.14. The zero-order valence-corrected chi connectivity index (χ0v) is 17.5. The second kappa shape index (κ2) is 8.48. The van der Waals surface area contributed by atoms with Crippen molar-refractivity contribution in [3.05, 3.63) is 91.0 Å². The summed E-state index contributed by atoms with van der Waals surface area (Å²) in [5.74, 6) is 0. The van der Waals surface area contributed by atoms with E-state index in [9.17, 15) is 5.11 Å². The first-order valence-electron chi connectivity index (χ1n) is 9.36. The van der Waals surface area contributed by atoms with Gasteiger partial charge < -0.3 is 9.53 Å². The Morgan fingerprint density at radius 2 is 0.893 bits per heavy atom. The Bertz CT molecular complexity index is 763. The lowest BCUT2D eigenvalue weighted by Crippen LogP contribution is -2.73. The van der Waals surface area contributed by atoms with E-state index in [0.29, 0.717) is 0 Å². The Labute approximate surface area is 171 Å². The highest BCUT2D eigenvalue weighted by Crippen LogP contribution is 2.29. The smallest absolute Gasteiger partial charge is 0.288 e. The average molecular weight is 390 g/mol. The molecular formula is C24H31BO2Si. The molecule has 0 radical (unpaired) electrons. The van der Waals surface area contributed by atoms with Crippen LogP contribution in [0, 0.1) is 0 Å². The summed E-state index contributed by atoms with van der Waals surface area (Å²) < 4.78 is 7.04. The van der Waals surface area contributed by atoms with Crippen LogP contribution in [0.1, 0.15) is 27.7 Å². The molecule has 0 saturated carbocycles. The van der Waals surface area contributed by atoms with E-state index < -0.39 is 19.5 Å². The predicted octanol–water partition coefficient (Wildman–Crippen LogP) is 2.04. The van der Waals surface area contributed by atoms with Gasteiger partial charge in [0.2, 0.25) is 0 Å². The van der Waals surface area contributed by atoms with Crippen LogP contribution in [0.4, 0.5) is 0 Å². The molecule has 146 valence electrons. The van der Waals surface area contributed by atoms with E-state index in [1.54, 1.807) is 0 Å². The van der Waals surface area contributed by atoms with Crippen LogP contribution in [0.2, 0.25) is 0 Å². The highest BCUT2D eigenvalue weighted by atomic mass is 28.4. The van der Waals surface area contributed by atoms with Crippen molar-refractivity contribution in [2.75, 3.05) is 0 Å². The van der Waals surface area contributed by atoms with E-state index >= 15 is 0 Å². The molecule has 0 aliphatic rings. The molecule has 3 rings (SSSR count). The van der Waals surface area contributed by atoms with Gasteiger partial charge in [0, 0.05) is 0 Å². The summed E-state index contributed by atoms with van der Waals surface area (Å²) in [5.41, 5.74) is -1.75. The van der Waals surface area contributed by atoms with Gasteiger partial charge in [-0.1, -0.05) is 91.0 Å². The van der Waals surface area contributed by atoms with Crippen molar-refractivity contribution >= 4 is 32.3 Å². The molecule has 3 aromatic carbocycles. The van der Waals surface area contributed by atoms with Crippen LogP contribution in [-0.4, -0.2) is 33.0 Å². The van der Waals surface area contributed by atoms with Gasteiger partial charge in [-0.15, -0.1) is 0 Å². The monoisotopic (exact) mass is 390 g/mol. The minimum absolute atomic E-state index is 0. The molecule has 4 heteroatoms. The highest BCUT2D eigenvalue weighted by molar-refractivity contribution is 7.07. The summed E-state index contributed by atoms with van der Waals surface area (Å²) >= 11 is 0. The third kappa shape index (κ3) is 4.14. The maximum atomic E-state index is 10.8. The Kier molecular flexibility index (Phi) is 6.71. The predicted molar refractivity (Wildman–Crippen MR) is 125 cm³/mol. The zero-order chi connectivity index (χ0) is 19.5. The molecule has 1 N–H and O–H groups in total. The van der Waals surface area contributed by atoms with Gasteiger partial charge in [-0.25, -0.2) is 0 Å². The number of rotatable bonds is 6. The maximum Gasteiger partial charge on any atom is 0.288 e. The van der Waals surface area contributed by atoms with Gasteiger partial charge in [0.25, 0.3) is 8.32 Å². The van der Waals surface area contributed by atoms with Crippen LogP contribution in [0.5, 0.6) is 0 Å². The number of hydrogen-bond acceptors (Lipinski definition) is 2. The fourth-order valence-corrected chi connectivity index (χ4v) is 7.56. The quantitative estimate of drug-likeness (QED) is 0.516. The molecule has 0 saturated heterocycles. The summed E-state index contributed by atoms with van der Waals surface area (Å²) in [6, 6.07) is 31.3. The Morgan fingerprint density at radius 1 is 0.607 bits per heavy atom. The van der Waals surface area contributed by atoms with Crippen molar-refractivity contribution in [3.63, 3.8) is 0 Å². The second-order valence-electron chi connectivity index (χ2n) is 7.95. The minimum Gasteiger partial charge on any atom is -0.396 e. The van der Waals surface area contributed by atoms with Gasteiger partial charge in [0.05, 0.1) is 19.6 Å². The molecule has 3 aromatic rings. The summed E-state index contributed by atoms with van der Waals surface area (Å²) in [6.45, 7) is 7.58. The van der Waals surface area contributed by atoms with E-state index in [-0.39, 0.29) is 8.41 Å². The van der Waals surface area contributed by atoms with Gasteiger partial charge in [-0.3, -0.25) is 0 Å². The van der Waals surface area contributed by atoms with Crippen molar-refractivity contribution < 1.29 is 9.53 Å². The Morgan fingerprint density at radius 3 is 1.14 bits per heavy atom. The molecule has 0 aliphatic carbocycles. The second-order valence-corrected chi connectivity index (χ2v) is 11.2. The average Bonchev–Trinajstić information content (AvgIpc) is 2.67. The fourth-order valence-electron chi connectivity index (χ4n) is 3.20. The molecular weight excluding hydrogens is 359 g/mol. The van der Waals surface area contributed by atoms with Gasteiger partial charge in [0.1, 0.15) is 0 Å². The summed E-state index contributed by atoms with van der Waals surface area (Å²) in [4.78, 5) is 0. The SMILES string of the molecule is B.CC(C)(O)C(C)(C)O[Si](c1ccccc1)(c1ccccc1)c1ccccc1. The number of hydrogen-bond donors (Lipinski definition) is 1.